The van der Waals surface area contributed by atoms with Gasteiger partial charge in [0.15, 0.2) is 0 Å². The van der Waals surface area contributed by atoms with Crippen LogP contribution in [-0.2, 0) is 4.79 Å². The molecule has 0 aromatic carbocycles. The number of hydrogen-bond acceptors (Lipinski definition) is 2. The van der Waals surface area contributed by atoms with Gasteiger partial charge in [-0.2, -0.15) is 0 Å². The van der Waals surface area contributed by atoms with Gasteiger partial charge in [-0.15, -0.1) is 0 Å². The largest absolute Gasteiger partial charge is 0.339 e. The van der Waals surface area contributed by atoms with Gasteiger partial charge in [0.2, 0.25) is 5.91 Å². The Bertz CT molecular complexity index is 275. The van der Waals surface area contributed by atoms with Gasteiger partial charge in [-0.1, -0.05) is 20.8 Å². The molecule has 0 radical (unpaired) electrons. The Labute approximate surface area is 105 Å². The van der Waals surface area contributed by atoms with Crippen molar-refractivity contribution in [3.8, 4) is 0 Å². The molecule has 2 saturated heterocycles. The summed E-state index contributed by atoms with van der Waals surface area (Å²) in [6, 6.07) is 0.489. The summed E-state index contributed by atoms with van der Waals surface area (Å²) in [7, 11) is 0. The van der Waals surface area contributed by atoms with Crippen molar-refractivity contribution in [1.29, 1.82) is 0 Å². The van der Waals surface area contributed by atoms with E-state index < -0.39 is 0 Å². The van der Waals surface area contributed by atoms with Crippen molar-refractivity contribution in [2.24, 2.45) is 17.8 Å². The molecule has 2 aliphatic heterocycles. The van der Waals surface area contributed by atoms with Crippen molar-refractivity contribution in [1.82, 2.24) is 10.2 Å². The molecule has 98 valence electrons. The number of carbonyl (C=O) groups is 1. The Morgan fingerprint density at radius 3 is 2.59 bits per heavy atom. The average molecular weight is 238 g/mol. The van der Waals surface area contributed by atoms with Gasteiger partial charge in [0.05, 0.1) is 0 Å². The monoisotopic (exact) mass is 238 g/mol. The van der Waals surface area contributed by atoms with E-state index in [9.17, 15) is 4.79 Å². The Hall–Kier alpha value is -0.570. The summed E-state index contributed by atoms with van der Waals surface area (Å²) in [6.45, 7) is 9.69. The van der Waals surface area contributed by atoms with Gasteiger partial charge in [-0.05, 0) is 31.1 Å². The molecule has 2 fully saturated rings. The Morgan fingerprint density at radius 2 is 2.00 bits per heavy atom. The zero-order chi connectivity index (χ0) is 12.4. The van der Waals surface area contributed by atoms with Gasteiger partial charge in [-0.25, -0.2) is 0 Å². The summed E-state index contributed by atoms with van der Waals surface area (Å²) in [6.07, 6.45) is 3.07. The third-order valence-electron chi connectivity index (χ3n) is 4.75. The highest BCUT2D eigenvalue weighted by Crippen LogP contribution is 2.35. The Kier molecular flexibility index (Phi) is 4.08. The van der Waals surface area contributed by atoms with Crippen LogP contribution in [-0.4, -0.2) is 36.5 Å². The number of hydrogen-bond donors (Lipinski definition) is 1. The molecule has 2 rings (SSSR count). The second kappa shape index (κ2) is 5.38. The maximum atomic E-state index is 12.5. The number of nitrogens with zero attached hydrogens (tertiary/aromatic N) is 1. The zero-order valence-electron chi connectivity index (χ0n) is 11.4. The molecule has 2 heterocycles. The molecular weight excluding hydrogens is 212 g/mol. The number of likely N-dealkylation sites (tertiary alicyclic amines) is 1. The van der Waals surface area contributed by atoms with Crippen LogP contribution in [0.4, 0.5) is 0 Å². The molecule has 0 saturated carbocycles. The smallest absolute Gasteiger partial charge is 0.225 e. The van der Waals surface area contributed by atoms with E-state index in [0.29, 0.717) is 23.8 Å². The molecule has 0 spiro atoms. The molecule has 0 aliphatic carbocycles. The Morgan fingerprint density at radius 1 is 1.29 bits per heavy atom. The molecule has 0 bridgehead atoms. The quantitative estimate of drug-likeness (QED) is 0.811. The van der Waals surface area contributed by atoms with Crippen molar-refractivity contribution in [3.63, 3.8) is 0 Å². The lowest BCUT2D eigenvalue weighted by molar-refractivity contribution is -0.137. The average Bonchev–Trinajstić information content (AvgIpc) is 2.89. The lowest BCUT2D eigenvalue weighted by Gasteiger charge is -2.30. The standard InChI is InChI=1S/C14H26N2O/c1-4-10(5-2)14(17)16-9-11-7-15-8-12(11)13(16)6-3/h10-13,15H,4-9H2,1-3H3. The molecular formula is C14H26N2O. The molecule has 3 atom stereocenters. The van der Waals surface area contributed by atoms with Crippen LogP contribution in [0.2, 0.25) is 0 Å². The minimum Gasteiger partial charge on any atom is -0.339 e. The van der Waals surface area contributed by atoms with Crippen LogP contribution in [0.5, 0.6) is 0 Å². The first-order valence-corrected chi connectivity index (χ1v) is 7.24. The summed E-state index contributed by atoms with van der Waals surface area (Å²) < 4.78 is 0. The van der Waals surface area contributed by atoms with Crippen LogP contribution in [0, 0.1) is 17.8 Å². The third kappa shape index (κ3) is 2.22. The van der Waals surface area contributed by atoms with E-state index in [2.05, 4.69) is 31.0 Å². The fourth-order valence-corrected chi connectivity index (χ4v) is 3.67. The number of amides is 1. The first-order chi connectivity index (χ1) is 8.22. The lowest BCUT2D eigenvalue weighted by Crippen LogP contribution is -2.42. The topological polar surface area (TPSA) is 32.3 Å². The fourth-order valence-electron chi connectivity index (χ4n) is 3.67. The van der Waals surface area contributed by atoms with Crippen molar-refractivity contribution in [3.05, 3.63) is 0 Å². The zero-order valence-corrected chi connectivity index (χ0v) is 11.4. The van der Waals surface area contributed by atoms with Crippen LogP contribution in [0.25, 0.3) is 0 Å². The number of nitrogens with one attached hydrogen (secondary N) is 1. The minimum absolute atomic E-state index is 0.246. The van der Waals surface area contributed by atoms with Gasteiger partial charge in [0, 0.05) is 31.6 Å². The summed E-state index contributed by atoms with van der Waals surface area (Å²) in [5, 5.41) is 3.47. The van der Waals surface area contributed by atoms with Crippen LogP contribution in [0.1, 0.15) is 40.0 Å². The molecule has 1 amide bonds. The molecule has 3 nitrogen and oxygen atoms in total. The SMILES string of the molecule is CCC(CC)C(=O)N1CC2CNCC2C1CC. The van der Waals surface area contributed by atoms with Crippen molar-refractivity contribution >= 4 is 5.91 Å². The number of rotatable bonds is 4. The predicted octanol–water partition coefficient (Wildman–Crippen LogP) is 1.88. The minimum atomic E-state index is 0.246. The van der Waals surface area contributed by atoms with E-state index in [4.69, 9.17) is 0 Å². The number of fused-ring (bicyclic) bond motifs is 1. The summed E-state index contributed by atoms with van der Waals surface area (Å²) in [5.41, 5.74) is 0. The normalized spacial score (nSPS) is 32.2. The number of carbonyl (C=O) groups excluding carboxylic acids is 1. The Balaban J connectivity index is 2.08. The van der Waals surface area contributed by atoms with Crippen molar-refractivity contribution < 1.29 is 4.79 Å². The van der Waals surface area contributed by atoms with Crippen LogP contribution < -0.4 is 5.32 Å². The van der Waals surface area contributed by atoms with Crippen LogP contribution >= 0.6 is 0 Å². The first kappa shape index (κ1) is 12.9. The van der Waals surface area contributed by atoms with E-state index in [-0.39, 0.29) is 5.92 Å². The van der Waals surface area contributed by atoms with Gasteiger partial charge in [0.25, 0.3) is 0 Å². The summed E-state index contributed by atoms with van der Waals surface area (Å²) in [5.74, 6) is 2.07. The highest BCUT2D eigenvalue weighted by Gasteiger charge is 2.45. The highest BCUT2D eigenvalue weighted by atomic mass is 16.2. The predicted molar refractivity (Wildman–Crippen MR) is 69.7 cm³/mol. The summed E-state index contributed by atoms with van der Waals surface area (Å²) >= 11 is 0. The molecule has 0 aromatic heterocycles. The van der Waals surface area contributed by atoms with E-state index in [1.807, 2.05) is 0 Å². The van der Waals surface area contributed by atoms with E-state index in [1.165, 1.54) is 0 Å². The van der Waals surface area contributed by atoms with Gasteiger partial charge in [-0.3, -0.25) is 4.79 Å². The fraction of sp³-hybridized carbons (Fsp3) is 0.929. The molecule has 17 heavy (non-hydrogen) atoms. The molecule has 2 aliphatic rings. The van der Waals surface area contributed by atoms with Gasteiger partial charge in [0.1, 0.15) is 0 Å². The van der Waals surface area contributed by atoms with Crippen LogP contribution in [0.3, 0.4) is 0 Å². The molecule has 0 aromatic rings. The third-order valence-corrected chi connectivity index (χ3v) is 4.75. The van der Waals surface area contributed by atoms with E-state index >= 15 is 0 Å². The molecule has 3 heteroatoms. The van der Waals surface area contributed by atoms with Gasteiger partial charge < -0.3 is 10.2 Å². The first-order valence-electron chi connectivity index (χ1n) is 7.24. The van der Waals surface area contributed by atoms with Crippen LogP contribution in [0.15, 0.2) is 0 Å². The maximum Gasteiger partial charge on any atom is 0.225 e. The second-order valence-electron chi connectivity index (χ2n) is 5.56. The lowest BCUT2D eigenvalue weighted by atomic mass is 9.92. The molecule has 3 unspecified atom stereocenters. The molecule has 1 N–H and O–H groups in total. The summed E-state index contributed by atoms with van der Waals surface area (Å²) in [4.78, 5) is 14.7. The second-order valence-corrected chi connectivity index (χ2v) is 5.56. The maximum absolute atomic E-state index is 12.5. The van der Waals surface area contributed by atoms with E-state index in [0.717, 1.165) is 38.9 Å². The van der Waals surface area contributed by atoms with Gasteiger partial charge >= 0.3 is 0 Å². The van der Waals surface area contributed by atoms with Crippen molar-refractivity contribution in [2.45, 2.75) is 46.1 Å². The van der Waals surface area contributed by atoms with Crippen molar-refractivity contribution in [2.75, 3.05) is 19.6 Å². The van der Waals surface area contributed by atoms with E-state index in [1.54, 1.807) is 0 Å². The highest BCUT2D eigenvalue weighted by molar-refractivity contribution is 5.79.